The topological polar surface area (TPSA) is 82.5 Å². The lowest BCUT2D eigenvalue weighted by Crippen LogP contribution is -2.32. The minimum absolute atomic E-state index is 0.138. The third kappa shape index (κ3) is 4.57. The number of ether oxygens (including phenoxy) is 2. The van der Waals surface area contributed by atoms with E-state index in [2.05, 4.69) is 10.4 Å². The normalized spacial score (nSPS) is 10.2. The molecule has 1 amide bonds. The molecule has 0 saturated heterocycles. The van der Waals surface area contributed by atoms with E-state index in [1.807, 2.05) is 6.07 Å². The number of rotatable bonds is 7. The molecule has 7 nitrogen and oxygen atoms in total. The van der Waals surface area contributed by atoms with Crippen molar-refractivity contribution in [1.29, 1.82) is 0 Å². The van der Waals surface area contributed by atoms with E-state index in [1.54, 1.807) is 32.4 Å². The molecule has 2 aromatic rings. The molecule has 0 bridgehead atoms. The summed E-state index contributed by atoms with van der Waals surface area (Å²) in [6.45, 7) is 0.667. The van der Waals surface area contributed by atoms with E-state index in [0.717, 1.165) is 5.56 Å². The van der Waals surface area contributed by atoms with Crippen LogP contribution in [0.2, 0.25) is 0 Å². The van der Waals surface area contributed by atoms with Crippen LogP contribution >= 0.6 is 0 Å². The van der Waals surface area contributed by atoms with Crippen molar-refractivity contribution in [2.24, 2.45) is 0 Å². The van der Waals surface area contributed by atoms with Gasteiger partial charge in [0.1, 0.15) is 0 Å². The van der Waals surface area contributed by atoms with Crippen molar-refractivity contribution in [2.75, 3.05) is 20.8 Å². The first-order valence-electron chi connectivity index (χ1n) is 7.14. The fourth-order valence-corrected chi connectivity index (χ4v) is 2.09. The van der Waals surface area contributed by atoms with E-state index in [4.69, 9.17) is 9.47 Å². The van der Waals surface area contributed by atoms with Gasteiger partial charge in [0.15, 0.2) is 11.5 Å². The first-order chi connectivity index (χ1) is 11.1. The third-order valence-electron chi connectivity index (χ3n) is 3.24. The average Bonchev–Trinajstić information content (AvgIpc) is 2.56. The first kappa shape index (κ1) is 16.5. The second kappa shape index (κ2) is 7.98. The van der Waals surface area contributed by atoms with Crippen molar-refractivity contribution in [2.45, 2.75) is 13.0 Å². The van der Waals surface area contributed by atoms with Gasteiger partial charge >= 0.3 is 0 Å². The molecular weight excluding hydrogens is 298 g/mol. The zero-order chi connectivity index (χ0) is 16.7. The maximum absolute atomic E-state index is 12.0. The molecule has 1 heterocycles. The molecule has 0 aliphatic heterocycles. The van der Waals surface area contributed by atoms with Crippen LogP contribution in [0, 0.1) is 0 Å². The molecule has 0 spiro atoms. The second-order valence-corrected chi connectivity index (χ2v) is 4.80. The molecule has 1 aromatic heterocycles. The number of carbonyl (C=O) groups excluding carboxylic acids is 1. The largest absolute Gasteiger partial charge is 0.493 e. The first-order valence-corrected chi connectivity index (χ1v) is 7.14. The van der Waals surface area contributed by atoms with Gasteiger partial charge < -0.3 is 14.8 Å². The molecule has 1 aromatic carbocycles. The minimum Gasteiger partial charge on any atom is -0.493 e. The average molecular weight is 317 g/mol. The number of methoxy groups -OCH3 is 2. The number of benzene rings is 1. The molecule has 0 atom stereocenters. The predicted octanol–water partition coefficient (Wildman–Crippen LogP) is 0.619. The highest BCUT2D eigenvalue weighted by Crippen LogP contribution is 2.27. The van der Waals surface area contributed by atoms with Gasteiger partial charge in [0.25, 0.3) is 5.56 Å². The van der Waals surface area contributed by atoms with E-state index >= 15 is 0 Å². The lowest BCUT2D eigenvalue weighted by molar-refractivity contribution is -0.120. The van der Waals surface area contributed by atoms with E-state index in [1.165, 1.54) is 16.9 Å². The van der Waals surface area contributed by atoms with Gasteiger partial charge in [-0.3, -0.25) is 9.59 Å². The monoisotopic (exact) mass is 317 g/mol. The summed E-state index contributed by atoms with van der Waals surface area (Å²) in [5.41, 5.74) is 0.622. The lowest BCUT2D eigenvalue weighted by Gasteiger charge is -2.10. The van der Waals surface area contributed by atoms with Crippen LogP contribution in [-0.4, -0.2) is 36.5 Å². The smallest absolute Gasteiger partial charge is 0.266 e. The van der Waals surface area contributed by atoms with Gasteiger partial charge in [0, 0.05) is 18.8 Å². The number of hydrogen-bond acceptors (Lipinski definition) is 5. The third-order valence-corrected chi connectivity index (χ3v) is 3.24. The number of nitrogens with one attached hydrogen (secondary N) is 1. The van der Waals surface area contributed by atoms with Gasteiger partial charge in [0.2, 0.25) is 5.91 Å². The number of hydrogen-bond donors (Lipinski definition) is 1. The zero-order valence-corrected chi connectivity index (χ0v) is 13.1. The summed E-state index contributed by atoms with van der Waals surface area (Å²) >= 11 is 0. The van der Waals surface area contributed by atoms with Gasteiger partial charge in [-0.1, -0.05) is 6.07 Å². The van der Waals surface area contributed by atoms with E-state index in [-0.39, 0.29) is 17.9 Å². The molecule has 1 N–H and O–H groups in total. The van der Waals surface area contributed by atoms with Crippen molar-refractivity contribution >= 4 is 5.91 Å². The van der Waals surface area contributed by atoms with E-state index < -0.39 is 0 Å². The van der Waals surface area contributed by atoms with Crippen molar-refractivity contribution in [3.05, 3.63) is 52.4 Å². The Bertz CT molecular complexity index is 727. The summed E-state index contributed by atoms with van der Waals surface area (Å²) in [7, 11) is 3.11. The highest BCUT2D eigenvalue weighted by Gasteiger charge is 2.08. The lowest BCUT2D eigenvalue weighted by atomic mass is 10.1. The molecule has 0 saturated carbocycles. The molecule has 0 fully saturated rings. The highest BCUT2D eigenvalue weighted by atomic mass is 16.5. The maximum Gasteiger partial charge on any atom is 0.266 e. The van der Waals surface area contributed by atoms with Gasteiger partial charge in [0.05, 0.1) is 27.2 Å². The Morgan fingerprint density at radius 2 is 2.00 bits per heavy atom. The number of amides is 1. The standard InChI is InChI=1S/C16H19N3O4/c1-22-13-6-5-12(10-14(13)23-2)11-15(20)17-8-9-19-16(21)4-3-7-18-19/h3-7,10H,8-9,11H2,1-2H3,(H,17,20). The number of aromatic nitrogens is 2. The molecular formula is C16H19N3O4. The van der Waals surface area contributed by atoms with Crippen LogP contribution in [0.5, 0.6) is 11.5 Å². The zero-order valence-electron chi connectivity index (χ0n) is 13.1. The SMILES string of the molecule is COc1ccc(CC(=O)NCCn2ncccc2=O)cc1OC. The Kier molecular flexibility index (Phi) is 5.74. The molecule has 0 aliphatic carbocycles. The molecule has 2 rings (SSSR count). The summed E-state index contributed by atoms with van der Waals surface area (Å²) in [5.74, 6) is 1.06. The Hall–Kier alpha value is -2.83. The fraction of sp³-hybridized carbons (Fsp3) is 0.312. The van der Waals surface area contributed by atoms with Crippen LogP contribution in [0.1, 0.15) is 5.56 Å². The summed E-state index contributed by atoms with van der Waals surface area (Å²) in [6, 6.07) is 8.34. The quantitative estimate of drug-likeness (QED) is 0.809. The van der Waals surface area contributed by atoms with Crippen molar-refractivity contribution in [3.8, 4) is 11.5 Å². The molecule has 7 heteroatoms. The maximum atomic E-state index is 12.0. The molecule has 0 radical (unpaired) electrons. The number of carbonyl (C=O) groups is 1. The summed E-state index contributed by atoms with van der Waals surface area (Å²) in [5, 5.41) is 6.69. The summed E-state index contributed by atoms with van der Waals surface area (Å²) < 4.78 is 11.7. The van der Waals surface area contributed by atoms with Gasteiger partial charge in [-0.25, -0.2) is 4.68 Å². The molecule has 0 aliphatic rings. The van der Waals surface area contributed by atoms with E-state index in [0.29, 0.717) is 24.6 Å². The molecule has 0 unspecified atom stereocenters. The van der Waals surface area contributed by atoms with Crippen molar-refractivity contribution in [3.63, 3.8) is 0 Å². The highest BCUT2D eigenvalue weighted by molar-refractivity contribution is 5.78. The van der Waals surface area contributed by atoms with Crippen LogP contribution < -0.4 is 20.3 Å². The van der Waals surface area contributed by atoms with Gasteiger partial charge in [-0.05, 0) is 23.8 Å². The number of nitrogens with zero attached hydrogens (tertiary/aromatic N) is 2. The Balaban J connectivity index is 1.87. The predicted molar refractivity (Wildman–Crippen MR) is 84.8 cm³/mol. The van der Waals surface area contributed by atoms with Gasteiger partial charge in [-0.2, -0.15) is 5.10 Å². The second-order valence-electron chi connectivity index (χ2n) is 4.80. The van der Waals surface area contributed by atoms with Crippen molar-refractivity contribution < 1.29 is 14.3 Å². The van der Waals surface area contributed by atoms with E-state index in [9.17, 15) is 9.59 Å². The molecule has 23 heavy (non-hydrogen) atoms. The van der Waals surface area contributed by atoms with Crippen LogP contribution in [0.15, 0.2) is 41.3 Å². The van der Waals surface area contributed by atoms with Crippen LogP contribution in [0.4, 0.5) is 0 Å². The fourth-order valence-electron chi connectivity index (χ4n) is 2.09. The van der Waals surface area contributed by atoms with Gasteiger partial charge in [-0.15, -0.1) is 0 Å². The van der Waals surface area contributed by atoms with Crippen LogP contribution in [0.25, 0.3) is 0 Å². The Morgan fingerprint density at radius 3 is 2.70 bits per heavy atom. The summed E-state index contributed by atoms with van der Waals surface area (Å²) in [6.07, 6.45) is 1.75. The van der Waals surface area contributed by atoms with Crippen LogP contribution in [0.3, 0.4) is 0 Å². The van der Waals surface area contributed by atoms with Crippen molar-refractivity contribution in [1.82, 2.24) is 15.1 Å². The summed E-state index contributed by atoms with van der Waals surface area (Å²) in [4.78, 5) is 23.4. The molecule has 122 valence electrons. The Morgan fingerprint density at radius 1 is 1.22 bits per heavy atom. The van der Waals surface area contributed by atoms with Crippen LogP contribution in [-0.2, 0) is 17.8 Å². The minimum atomic E-state index is -0.193. The Labute approximate surface area is 133 Å².